The number of aliphatic carboxylic acids is 2. The van der Waals surface area contributed by atoms with E-state index in [-0.39, 0.29) is 37.2 Å². The number of carboxylic acid groups (broad SMARTS) is 2. The molecule has 2 rings (SSSR count). The molecule has 2 aromatic carbocycles. The number of aromatic hydroxyl groups is 2. The maximum atomic E-state index is 13.5. The fourth-order valence-corrected chi connectivity index (χ4v) is 3.76. The molecule has 0 aromatic heterocycles. The molecule has 0 aliphatic carbocycles. The highest BCUT2D eigenvalue weighted by atomic mass is 16.4. The Balaban J connectivity index is 2.33. The van der Waals surface area contributed by atoms with Gasteiger partial charge in [-0.3, -0.25) is 19.2 Å². The Hall–Kier alpha value is -4.69. The molecule has 14 heteroatoms. The number of phenols is 2. The largest absolute Gasteiger partial charge is 0.508 e. The van der Waals surface area contributed by atoms with Crippen LogP contribution in [0, 0.1) is 0 Å². The minimum absolute atomic E-state index is 0.0359. The van der Waals surface area contributed by atoms with Gasteiger partial charge in [-0.25, -0.2) is 4.79 Å². The van der Waals surface area contributed by atoms with Gasteiger partial charge in [-0.2, -0.15) is 0 Å². The van der Waals surface area contributed by atoms with Gasteiger partial charge in [-0.15, -0.1) is 0 Å². The van der Waals surface area contributed by atoms with Crippen LogP contribution < -0.4 is 21.7 Å². The lowest BCUT2D eigenvalue weighted by Gasteiger charge is -2.26. The van der Waals surface area contributed by atoms with Crippen LogP contribution in [0.3, 0.4) is 0 Å². The van der Waals surface area contributed by atoms with E-state index in [9.17, 15) is 44.4 Å². The fraction of sp³-hybridized carbons (Fsp3) is 0.370. The number of nitrogens with one attached hydrogen (secondary N) is 3. The number of hydrogen-bond acceptors (Lipinski definition) is 9. The zero-order chi connectivity index (χ0) is 30.7. The Morgan fingerprint density at radius 3 is 1.54 bits per heavy atom. The molecular weight excluding hydrogens is 540 g/mol. The quantitative estimate of drug-likeness (QED) is 0.125. The molecule has 5 atom stereocenters. The van der Waals surface area contributed by atoms with Crippen LogP contribution in [0.1, 0.15) is 30.9 Å². The first-order valence-corrected chi connectivity index (χ1v) is 12.6. The molecular formula is C27H34N4O10. The van der Waals surface area contributed by atoms with Gasteiger partial charge >= 0.3 is 11.9 Å². The van der Waals surface area contributed by atoms with Crippen molar-refractivity contribution in [2.75, 3.05) is 0 Å². The van der Waals surface area contributed by atoms with Gasteiger partial charge in [-0.1, -0.05) is 24.3 Å². The first-order valence-electron chi connectivity index (χ1n) is 12.6. The summed E-state index contributed by atoms with van der Waals surface area (Å²) in [5, 5.41) is 54.3. The number of carbonyl (C=O) groups is 5. The molecule has 41 heavy (non-hydrogen) atoms. The molecule has 0 spiro atoms. The highest BCUT2D eigenvalue weighted by molar-refractivity contribution is 5.94. The topological polar surface area (TPSA) is 249 Å². The van der Waals surface area contributed by atoms with E-state index in [1.54, 1.807) is 0 Å². The highest BCUT2D eigenvalue weighted by Gasteiger charge is 2.32. The van der Waals surface area contributed by atoms with Gasteiger partial charge in [-0.05, 0) is 48.7 Å². The Bertz CT molecular complexity index is 1220. The third-order valence-electron chi connectivity index (χ3n) is 6.07. The molecule has 0 bridgehead atoms. The molecule has 0 radical (unpaired) electrons. The summed E-state index contributed by atoms with van der Waals surface area (Å²) in [5.41, 5.74) is 6.80. The van der Waals surface area contributed by atoms with Crippen molar-refractivity contribution in [3.05, 3.63) is 59.7 Å². The van der Waals surface area contributed by atoms with Crippen molar-refractivity contribution < 1.29 is 49.5 Å². The number of hydrogen-bond donors (Lipinski definition) is 9. The third-order valence-corrected chi connectivity index (χ3v) is 6.07. The highest BCUT2D eigenvalue weighted by Crippen LogP contribution is 2.14. The SMILES string of the molecule is CC(O)C(NC(=O)C(Cc1ccc(O)cc1)NC(=O)C(Cc1ccc(O)cc1)NC(=O)C(N)CCC(=O)O)C(=O)O. The molecule has 0 saturated heterocycles. The molecule has 0 saturated carbocycles. The fourth-order valence-electron chi connectivity index (χ4n) is 3.76. The van der Waals surface area contributed by atoms with Crippen molar-refractivity contribution in [1.29, 1.82) is 0 Å². The van der Waals surface area contributed by atoms with Gasteiger partial charge in [0.05, 0.1) is 12.1 Å². The second kappa shape index (κ2) is 15.2. The van der Waals surface area contributed by atoms with Crippen LogP contribution in [0.5, 0.6) is 11.5 Å². The van der Waals surface area contributed by atoms with E-state index in [2.05, 4.69) is 16.0 Å². The van der Waals surface area contributed by atoms with Gasteiger partial charge in [0.1, 0.15) is 23.6 Å². The van der Waals surface area contributed by atoms with Gasteiger partial charge in [0.2, 0.25) is 17.7 Å². The third kappa shape index (κ3) is 10.8. The van der Waals surface area contributed by atoms with Crippen LogP contribution in [0.25, 0.3) is 0 Å². The molecule has 3 amide bonds. The maximum absolute atomic E-state index is 13.5. The normalized spacial score (nSPS) is 14.5. The number of aliphatic hydroxyl groups excluding tert-OH is 1. The summed E-state index contributed by atoms with van der Waals surface area (Å²) in [6.45, 7) is 1.17. The maximum Gasteiger partial charge on any atom is 0.328 e. The second-order valence-electron chi connectivity index (χ2n) is 9.47. The summed E-state index contributed by atoms with van der Waals surface area (Å²) < 4.78 is 0. The molecule has 2 aromatic rings. The molecule has 10 N–H and O–H groups in total. The van der Waals surface area contributed by atoms with Crippen LogP contribution in [0.4, 0.5) is 0 Å². The average molecular weight is 575 g/mol. The zero-order valence-corrected chi connectivity index (χ0v) is 22.2. The lowest BCUT2D eigenvalue weighted by Crippen LogP contribution is -2.59. The van der Waals surface area contributed by atoms with Gasteiger partial charge in [0.15, 0.2) is 6.04 Å². The van der Waals surface area contributed by atoms with E-state index >= 15 is 0 Å². The van der Waals surface area contributed by atoms with E-state index in [1.807, 2.05) is 0 Å². The monoisotopic (exact) mass is 574 g/mol. The lowest BCUT2D eigenvalue weighted by atomic mass is 10.0. The summed E-state index contributed by atoms with van der Waals surface area (Å²) >= 11 is 0. The van der Waals surface area contributed by atoms with Crippen LogP contribution in [-0.2, 0) is 36.8 Å². The lowest BCUT2D eigenvalue weighted by molar-refractivity contribution is -0.145. The molecule has 0 aliphatic rings. The summed E-state index contributed by atoms with van der Waals surface area (Å²) in [6, 6.07) is 5.81. The van der Waals surface area contributed by atoms with Crippen molar-refractivity contribution in [2.24, 2.45) is 5.73 Å². The van der Waals surface area contributed by atoms with Crippen LogP contribution in [0.2, 0.25) is 0 Å². The molecule has 5 unspecified atom stereocenters. The number of carboxylic acids is 2. The number of amides is 3. The molecule has 222 valence electrons. The number of aliphatic hydroxyl groups is 1. The van der Waals surface area contributed by atoms with E-state index in [0.717, 1.165) is 0 Å². The van der Waals surface area contributed by atoms with Crippen molar-refractivity contribution in [3.63, 3.8) is 0 Å². The van der Waals surface area contributed by atoms with E-state index in [0.29, 0.717) is 11.1 Å². The molecule has 0 aliphatic heterocycles. The summed E-state index contributed by atoms with van der Waals surface area (Å²) in [4.78, 5) is 61.7. The number of benzene rings is 2. The Morgan fingerprint density at radius 2 is 1.15 bits per heavy atom. The number of rotatable bonds is 15. The van der Waals surface area contributed by atoms with E-state index < -0.39 is 59.9 Å². The first-order chi connectivity index (χ1) is 19.3. The van der Waals surface area contributed by atoms with Gasteiger partial charge in [0.25, 0.3) is 0 Å². The van der Waals surface area contributed by atoms with Gasteiger partial charge in [0, 0.05) is 19.3 Å². The van der Waals surface area contributed by atoms with Crippen LogP contribution >= 0.6 is 0 Å². The summed E-state index contributed by atoms with van der Waals surface area (Å²) in [7, 11) is 0. The minimum atomic E-state index is -1.68. The van der Waals surface area contributed by atoms with Crippen LogP contribution in [0.15, 0.2) is 48.5 Å². The standard InChI is InChI=1S/C27H34N4O10/c1-14(32)23(27(40)41)31-26(39)21(13-16-4-8-18(34)9-5-16)30-25(38)20(12-15-2-6-17(33)7-3-15)29-24(37)19(28)10-11-22(35)36/h2-9,14,19-21,23,32-34H,10-13,28H2,1H3,(H,29,37)(H,30,38)(H,31,39)(H,35,36)(H,40,41). The Labute approximate surface area is 235 Å². The van der Waals surface area contributed by atoms with Gasteiger partial charge < -0.3 is 47.2 Å². The average Bonchev–Trinajstić information content (AvgIpc) is 2.91. The molecule has 0 heterocycles. The van der Waals surface area contributed by atoms with Crippen molar-refractivity contribution in [2.45, 2.75) is 62.9 Å². The first kappa shape index (κ1) is 32.5. The minimum Gasteiger partial charge on any atom is -0.508 e. The number of nitrogens with two attached hydrogens (primary N) is 1. The molecule has 0 fully saturated rings. The predicted molar refractivity (Wildman–Crippen MR) is 144 cm³/mol. The van der Waals surface area contributed by atoms with E-state index in [1.165, 1.54) is 55.5 Å². The van der Waals surface area contributed by atoms with Crippen molar-refractivity contribution >= 4 is 29.7 Å². The summed E-state index contributed by atoms with van der Waals surface area (Å²) in [5.74, 6) is -5.35. The second-order valence-corrected chi connectivity index (χ2v) is 9.47. The zero-order valence-electron chi connectivity index (χ0n) is 22.2. The number of carbonyl (C=O) groups excluding carboxylic acids is 3. The van der Waals surface area contributed by atoms with E-state index in [4.69, 9.17) is 10.8 Å². The number of phenolic OH excluding ortho intramolecular Hbond substituents is 2. The van der Waals surface area contributed by atoms with Crippen molar-refractivity contribution in [1.82, 2.24) is 16.0 Å². The van der Waals surface area contributed by atoms with Crippen LogP contribution in [-0.4, -0.2) is 85.5 Å². The molecule has 14 nitrogen and oxygen atoms in total. The Kier molecular flexibility index (Phi) is 12.0. The smallest absolute Gasteiger partial charge is 0.328 e. The summed E-state index contributed by atoms with van der Waals surface area (Å²) in [6.07, 6.45) is -2.30. The Morgan fingerprint density at radius 1 is 0.732 bits per heavy atom. The van der Waals surface area contributed by atoms with Crippen molar-refractivity contribution in [3.8, 4) is 11.5 Å². The predicted octanol–water partition coefficient (Wildman–Crippen LogP) is -1.01.